The molecule has 0 unspecified atom stereocenters. The molecule has 0 spiro atoms. The highest BCUT2D eigenvalue weighted by Gasteiger charge is 2.01. The van der Waals surface area contributed by atoms with E-state index in [9.17, 15) is 0 Å². The van der Waals surface area contributed by atoms with Crippen LogP contribution >= 0.6 is 0 Å². The molecule has 17 heavy (non-hydrogen) atoms. The van der Waals surface area contributed by atoms with E-state index in [4.69, 9.17) is 4.74 Å². The molecule has 2 rings (SSSR count). The fourth-order valence-corrected chi connectivity index (χ4v) is 1.66. The number of benzene rings is 1. The molecule has 4 nitrogen and oxygen atoms in total. The summed E-state index contributed by atoms with van der Waals surface area (Å²) in [6.07, 6.45) is 3.71. The molecule has 0 bridgehead atoms. The van der Waals surface area contributed by atoms with E-state index >= 15 is 0 Å². The van der Waals surface area contributed by atoms with Gasteiger partial charge >= 0.3 is 0 Å². The highest BCUT2D eigenvalue weighted by atomic mass is 16.5. The Kier molecular flexibility index (Phi) is 4.16. The quantitative estimate of drug-likeness (QED) is 0.822. The molecule has 0 aliphatic rings. The molecular weight excluding hydrogens is 214 g/mol. The number of rotatable bonds is 6. The third-order valence-corrected chi connectivity index (χ3v) is 2.48. The maximum Gasteiger partial charge on any atom is 0.123 e. The van der Waals surface area contributed by atoms with Crippen molar-refractivity contribution in [2.75, 3.05) is 13.7 Å². The first-order valence-electron chi connectivity index (χ1n) is 5.73. The number of hydrogen-bond donors (Lipinski definition) is 1. The Bertz CT molecular complexity index is 440. The lowest BCUT2D eigenvalue weighted by Crippen LogP contribution is -2.11. The highest BCUT2D eigenvalue weighted by Crippen LogP contribution is 2.17. The van der Waals surface area contributed by atoms with Crippen molar-refractivity contribution in [3.8, 4) is 5.75 Å². The standard InChI is InChI=1S/C13H17N3O/c1-14-11-12-5-2-3-6-13(12)17-10-9-16-8-4-7-15-16/h2-8,14H,9-11H2,1H3. The number of aromatic nitrogens is 2. The van der Waals surface area contributed by atoms with Gasteiger partial charge in [0, 0.05) is 24.5 Å². The van der Waals surface area contributed by atoms with Gasteiger partial charge in [-0.3, -0.25) is 4.68 Å². The summed E-state index contributed by atoms with van der Waals surface area (Å²) in [6.45, 7) is 2.21. The Morgan fingerprint density at radius 2 is 2.18 bits per heavy atom. The third kappa shape index (κ3) is 3.32. The Balaban J connectivity index is 1.89. The van der Waals surface area contributed by atoms with E-state index in [0.717, 1.165) is 18.8 Å². The maximum atomic E-state index is 5.76. The summed E-state index contributed by atoms with van der Waals surface area (Å²) >= 11 is 0. The third-order valence-electron chi connectivity index (χ3n) is 2.48. The zero-order chi connectivity index (χ0) is 11.9. The van der Waals surface area contributed by atoms with Gasteiger partial charge in [-0.1, -0.05) is 18.2 Å². The molecule has 0 aliphatic heterocycles. The molecule has 0 atom stereocenters. The molecule has 0 saturated heterocycles. The molecule has 4 heteroatoms. The number of para-hydroxylation sites is 1. The summed E-state index contributed by atoms with van der Waals surface area (Å²) in [6, 6.07) is 9.99. The fourth-order valence-electron chi connectivity index (χ4n) is 1.66. The number of ether oxygens (including phenoxy) is 1. The highest BCUT2D eigenvalue weighted by molar-refractivity contribution is 5.33. The Hall–Kier alpha value is -1.81. The van der Waals surface area contributed by atoms with Gasteiger partial charge in [0.25, 0.3) is 0 Å². The van der Waals surface area contributed by atoms with Crippen LogP contribution in [-0.2, 0) is 13.1 Å². The van der Waals surface area contributed by atoms with Gasteiger partial charge in [0.05, 0.1) is 6.54 Å². The van der Waals surface area contributed by atoms with Crippen LogP contribution < -0.4 is 10.1 Å². The Morgan fingerprint density at radius 3 is 2.94 bits per heavy atom. The second-order valence-corrected chi connectivity index (χ2v) is 3.76. The van der Waals surface area contributed by atoms with Gasteiger partial charge in [0.15, 0.2) is 0 Å². The fraction of sp³-hybridized carbons (Fsp3) is 0.308. The van der Waals surface area contributed by atoms with Crippen molar-refractivity contribution < 1.29 is 4.74 Å². The Morgan fingerprint density at radius 1 is 1.29 bits per heavy atom. The van der Waals surface area contributed by atoms with Gasteiger partial charge in [0.1, 0.15) is 12.4 Å². The summed E-state index contributed by atoms with van der Waals surface area (Å²) in [7, 11) is 1.93. The van der Waals surface area contributed by atoms with Crippen LogP contribution in [0.5, 0.6) is 5.75 Å². The number of nitrogens with one attached hydrogen (secondary N) is 1. The molecule has 0 saturated carbocycles. The minimum atomic E-state index is 0.627. The number of nitrogens with zero attached hydrogens (tertiary/aromatic N) is 2. The van der Waals surface area contributed by atoms with E-state index in [0.29, 0.717) is 6.61 Å². The summed E-state index contributed by atoms with van der Waals surface area (Å²) in [5.74, 6) is 0.939. The van der Waals surface area contributed by atoms with Crippen LogP contribution in [0.3, 0.4) is 0 Å². The minimum Gasteiger partial charge on any atom is -0.491 e. The molecule has 1 aromatic heterocycles. The smallest absolute Gasteiger partial charge is 0.123 e. The zero-order valence-electron chi connectivity index (χ0n) is 9.97. The predicted octanol–water partition coefficient (Wildman–Crippen LogP) is 1.68. The first-order valence-corrected chi connectivity index (χ1v) is 5.73. The molecule has 2 aromatic rings. The van der Waals surface area contributed by atoms with Crippen LogP contribution in [0.4, 0.5) is 0 Å². The molecule has 1 N–H and O–H groups in total. The molecule has 0 amide bonds. The first kappa shape index (κ1) is 11.7. The van der Waals surface area contributed by atoms with E-state index in [1.54, 1.807) is 6.20 Å². The summed E-state index contributed by atoms with van der Waals surface area (Å²) < 4.78 is 7.62. The van der Waals surface area contributed by atoms with E-state index < -0.39 is 0 Å². The second kappa shape index (κ2) is 6.06. The van der Waals surface area contributed by atoms with Gasteiger partial charge in [-0.25, -0.2) is 0 Å². The van der Waals surface area contributed by atoms with Gasteiger partial charge in [-0.05, 0) is 19.2 Å². The molecular formula is C13H17N3O. The average Bonchev–Trinajstić information content (AvgIpc) is 2.85. The lowest BCUT2D eigenvalue weighted by atomic mass is 10.2. The largest absolute Gasteiger partial charge is 0.491 e. The van der Waals surface area contributed by atoms with Crippen LogP contribution in [0.15, 0.2) is 42.7 Å². The van der Waals surface area contributed by atoms with Gasteiger partial charge in [-0.15, -0.1) is 0 Å². The Labute approximate surface area is 101 Å². The lowest BCUT2D eigenvalue weighted by Gasteiger charge is -2.11. The second-order valence-electron chi connectivity index (χ2n) is 3.76. The van der Waals surface area contributed by atoms with E-state index in [2.05, 4.69) is 16.5 Å². The number of hydrogen-bond acceptors (Lipinski definition) is 3. The van der Waals surface area contributed by atoms with Crippen molar-refractivity contribution in [1.82, 2.24) is 15.1 Å². The van der Waals surface area contributed by atoms with Crippen LogP contribution in [0.25, 0.3) is 0 Å². The minimum absolute atomic E-state index is 0.627. The maximum absolute atomic E-state index is 5.76. The predicted molar refractivity (Wildman–Crippen MR) is 66.9 cm³/mol. The molecule has 0 radical (unpaired) electrons. The van der Waals surface area contributed by atoms with Crippen LogP contribution in [0.1, 0.15) is 5.56 Å². The zero-order valence-corrected chi connectivity index (χ0v) is 9.97. The van der Waals surface area contributed by atoms with Gasteiger partial charge in [0.2, 0.25) is 0 Å². The summed E-state index contributed by atoms with van der Waals surface area (Å²) in [5, 5.41) is 7.26. The molecule has 0 aliphatic carbocycles. The van der Waals surface area contributed by atoms with E-state index in [1.165, 1.54) is 5.56 Å². The van der Waals surface area contributed by atoms with Crippen LogP contribution in [0.2, 0.25) is 0 Å². The van der Waals surface area contributed by atoms with Gasteiger partial charge < -0.3 is 10.1 Å². The molecule has 0 fully saturated rings. The van der Waals surface area contributed by atoms with Crippen LogP contribution in [-0.4, -0.2) is 23.4 Å². The van der Waals surface area contributed by atoms with E-state index in [1.807, 2.05) is 42.2 Å². The summed E-state index contributed by atoms with van der Waals surface area (Å²) in [5.41, 5.74) is 1.18. The van der Waals surface area contributed by atoms with Crippen molar-refractivity contribution >= 4 is 0 Å². The summed E-state index contributed by atoms with van der Waals surface area (Å²) in [4.78, 5) is 0. The van der Waals surface area contributed by atoms with Gasteiger partial charge in [-0.2, -0.15) is 5.10 Å². The van der Waals surface area contributed by atoms with Crippen molar-refractivity contribution in [2.24, 2.45) is 0 Å². The van der Waals surface area contributed by atoms with Crippen molar-refractivity contribution in [3.05, 3.63) is 48.3 Å². The SMILES string of the molecule is CNCc1ccccc1OCCn1cccn1. The van der Waals surface area contributed by atoms with E-state index in [-0.39, 0.29) is 0 Å². The normalized spacial score (nSPS) is 10.4. The molecule has 1 heterocycles. The lowest BCUT2D eigenvalue weighted by molar-refractivity contribution is 0.288. The van der Waals surface area contributed by atoms with Crippen molar-refractivity contribution in [2.45, 2.75) is 13.1 Å². The van der Waals surface area contributed by atoms with Crippen LogP contribution in [0, 0.1) is 0 Å². The van der Waals surface area contributed by atoms with Crippen molar-refractivity contribution in [1.29, 1.82) is 0 Å². The van der Waals surface area contributed by atoms with Crippen molar-refractivity contribution in [3.63, 3.8) is 0 Å². The monoisotopic (exact) mass is 231 g/mol. The molecule has 90 valence electrons. The first-order chi connectivity index (χ1) is 8.40. The average molecular weight is 231 g/mol. The molecule has 1 aromatic carbocycles. The topological polar surface area (TPSA) is 39.1 Å².